The van der Waals surface area contributed by atoms with Gasteiger partial charge in [-0.15, -0.1) is 0 Å². The Bertz CT molecular complexity index is 3920. The minimum absolute atomic E-state index is 0.370. The highest BCUT2D eigenvalue weighted by atomic mass is 16.5. The summed E-state index contributed by atoms with van der Waals surface area (Å²) < 4.78 is 11.5. The average Bonchev–Trinajstić information content (AvgIpc) is 0.778. The van der Waals surface area contributed by atoms with Gasteiger partial charge in [0.1, 0.15) is 11.5 Å². The molecule has 122 heavy (non-hydrogen) atoms. The first-order valence-electron chi connectivity index (χ1n) is 49.7. The second-order valence-corrected chi connectivity index (χ2v) is 38.5. The molecular weight excluding hydrogens is 1480 g/mol. The van der Waals surface area contributed by atoms with Crippen LogP contribution in [-0.4, -0.2) is 71.6 Å². The summed E-state index contributed by atoms with van der Waals surface area (Å²) in [6.45, 7) is 65.6. The van der Waals surface area contributed by atoms with Gasteiger partial charge in [-0.25, -0.2) is 0 Å². The van der Waals surface area contributed by atoms with Crippen LogP contribution in [0.3, 0.4) is 0 Å². The molecule has 7 heteroatoms. The molecule has 12 rings (SSSR count). The van der Waals surface area contributed by atoms with Gasteiger partial charge >= 0.3 is 0 Å². The van der Waals surface area contributed by atoms with Crippen LogP contribution in [0.1, 0.15) is 391 Å². The maximum absolute atomic E-state index is 5.94. The molecule has 7 nitrogen and oxygen atoms in total. The molecule has 0 spiro atoms. The highest BCUT2D eigenvalue weighted by molar-refractivity contribution is 5.66. The van der Waals surface area contributed by atoms with Crippen molar-refractivity contribution >= 4 is 34.1 Å². The Labute approximate surface area is 750 Å². The number of aryl methyl sites for hydroxylation is 4. The average molecular weight is 1660 g/mol. The largest absolute Gasteiger partial charge is 0.493 e. The van der Waals surface area contributed by atoms with E-state index >= 15 is 0 Å². The Balaban J connectivity index is 0.000000221. The Morgan fingerprint density at radius 3 is 1.07 bits per heavy atom. The van der Waals surface area contributed by atoms with Crippen LogP contribution < -0.4 is 34.0 Å². The van der Waals surface area contributed by atoms with Gasteiger partial charge in [-0.3, -0.25) is 0 Å². The number of para-hydroxylation sites is 1. The standard InChI is InChI=1S/C19H25N.C19H33N.2C17H27N.C15H21N.C15H24O.C13H20O/c1-15(2)14-20(18-8-6-5-7-9-18)19-12-10-17(11-13-19)16(3)4;1-5-7-9-15-20(16-10-8-6-2)19-13-11-18(12-14-19)17(3)4;2*1-4-5-6-11-18-12-7-8-16-13-15(14(2)3)9-10-17(16)18;1-11(2)14-9-12-5-3-7-16-8-4-6-13(10-14)15(12)16;1-5-7-14(6-2)16-15-10-8-13(9-11-15)12(3)4;1-10(2)9-14-13-7-5-12(6-8-13)11(3)4/h5-13,15-16H,14H2,1-4H3;11-14,17H,5-10,15-16H2,1-4H3;2*9-10,13-14H,4-8,11-12H2,1-3H3;9-11H,3-8H2,1-2H3;8-12,14H,5-7H2,1-4H3;5-8,10-11H,9H2,1-4H3. The Morgan fingerprint density at radius 1 is 0.328 bits per heavy atom. The highest BCUT2D eigenvalue weighted by Crippen LogP contribution is 2.39. The summed E-state index contributed by atoms with van der Waals surface area (Å²) in [6.07, 6.45) is 30.1. The fourth-order valence-corrected chi connectivity index (χ4v) is 16.8. The lowest BCUT2D eigenvalue weighted by molar-refractivity contribution is 0.185. The van der Waals surface area contributed by atoms with Crippen molar-refractivity contribution in [2.24, 2.45) is 11.8 Å². The van der Waals surface area contributed by atoms with Gasteiger partial charge in [0.15, 0.2) is 0 Å². The van der Waals surface area contributed by atoms with Crippen LogP contribution in [0.4, 0.5) is 34.1 Å². The van der Waals surface area contributed by atoms with E-state index in [4.69, 9.17) is 9.47 Å². The molecule has 0 aromatic heterocycles. The molecule has 1 unspecified atom stereocenters. The predicted molar refractivity (Wildman–Crippen MR) is 542 cm³/mol. The number of rotatable bonds is 36. The topological polar surface area (TPSA) is 34.7 Å². The fraction of sp³-hybridized carbons (Fsp3) is 0.583. The quantitative estimate of drug-likeness (QED) is 0.0362. The first-order chi connectivity index (χ1) is 58.7. The molecule has 0 N–H and O–H groups in total. The van der Waals surface area contributed by atoms with Crippen molar-refractivity contribution in [3.8, 4) is 11.5 Å². The van der Waals surface area contributed by atoms with Crippen LogP contribution in [-0.2, 0) is 25.7 Å². The molecule has 0 radical (unpaired) electrons. The Hall–Kier alpha value is -7.64. The van der Waals surface area contributed by atoms with Crippen molar-refractivity contribution in [1.29, 1.82) is 0 Å². The molecule has 674 valence electrons. The van der Waals surface area contributed by atoms with Crippen LogP contribution in [0.2, 0.25) is 0 Å². The summed E-state index contributed by atoms with van der Waals surface area (Å²) in [4.78, 5) is 12.8. The van der Waals surface area contributed by atoms with Gasteiger partial charge in [0, 0.05) is 93.0 Å². The molecule has 4 heterocycles. The van der Waals surface area contributed by atoms with Crippen molar-refractivity contribution in [1.82, 2.24) is 0 Å². The zero-order chi connectivity index (χ0) is 88.9. The van der Waals surface area contributed by atoms with E-state index in [2.05, 4.69) is 367 Å². The van der Waals surface area contributed by atoms with Crippen molar-refractivity contribution in [3.63, 3.8) is 0 Å². The van der Waals surface area contributed by atoms with Crippen LogP contribution in [0.15, 0.2) is 176 Å². The van der Waals surface area contributed by atoms with Gasteiger partial charge in [0.05, 0.1) is 12.7 Å². The lowest BCUT2D eigenvalue weighted by Gasteiger charge is -2.37. The maximum Gasteiger partial charge on any atom is 0.119 e. The molecule has 0 aliphatic carbocycles. The third-order valence-electron chi connectivity index (χ3n) is 24.6. The lowest BCUT2D eigenvalue weighted by atomic mass is 9.87. The third-order valence-corrected chi connectivity index (χ3v) is 24.6. The second kappa shape index (κ2) is 57.1. The zero-order valence-electron chi connectivity index (χ0n) is 82.4. The second-order valence-electron chi connectivity index (χ2n) is 38.5. The van der Waals surface area contributed by atoms with Crippen molar-refractivity contribution in [3.05, 3.63) is 237 Å². The molecular formula is C115H177N5O2. The Kier molecular flexibility index (Phi) is 48.3. The first kappa shape index (κ1) is 103. The summed E-state index contributed by atoms with van der Waals surface area (Å²) in [5, 5.41) is 0. The van der Waals surface area contributed by atoms with E-state index in [1.807, 2.05) is 0 Å². The van der Waals surface area contributed by atoms with Gasteiger partial charge in [-0.05, 0) is 277 Å². The monoisotopic (exact) mass is 1660 g/mol. The van der Waals surface area contributed by atoms with E-state index in [1.54, 1.807) is 27.9 Å². The molecule has 1 atom stereocenters. The molecule has 8 aromatic carbocycles. The van der Waals surface area contributed by atoms with E-state index in [0.717, 1.165) is 37.5 Å². The van der Waals surface area contributed by atoms with Crippen LogP contribution >= 0.6 is 0 Å². The van der Waals surface area contributed by atoms with Gasteiger partial charge in [0.25, 0.3) is 0 Å². The van der Waals surface area contributed by atoms with Crippen molar-refractivity contribution in [2.45, 2.75) is 361 Å². The van der Waals surface area contributed by atoms with Gasteiger partial charge < -0.3 is 34.0 Å². The summed E-state index contributed by atoms with van der Waals surface area (Å²) in [6, 6.07) is 64.9. The molecule has 0 saturated carbocycles. The number of ether oxygens (including phenoxy) is 2. The lowest BCUT2D eigenvalue weighted by Crippen LogP contribution is -2.34. The number of fused-ring (bicyclic) bond motifs is 2. The normalized spacial score (nSPS) is 13.5. The van der Waals surface area contributed by atoms with E-state index in [9.17, 15) is 0 Å². The number of hydrogen-bond donors (Lipinski definition) is 0. The maximum atomic E-state index is 5.94. The summed E-state index contributed by atoms with van der Waals surface area (Å²) in [7, 11) is 0. The fourth-order valence-electron chi connectivity index (χ4n) is 16.8. The zero-order valence-corrected chi connectivity index (χ0v) is 82.4. The SMILES string of the molecule is CC(C)CN(c1ccccc1)c1ccc(C(C)C)cc1.CC(C)COc1ccc(C(C)C)cc1.CC(C)c1cc2c3c(c1)CCCN3CCC2.CCCC(CC)Oc1ccc(C(C)C)cc1.CCCCCN(CCCCC)c1ccc(C(C)C)cc1.CCCCCN1CCCc2cc(C(C)C)ccc21.CCCCCN1CCCc2cc(C(C)C)ccc21. The highest BCUT2D eigenvalue weighted by Gasteiger charge is 2.26. The predicted octanol–water partition coefficient (Wildman–Crippen LogP) is 33.2. The molecule has 4 aliphatic heterocycles. The number of anilines is 6. The summed E-state index contributed by atoms with van der Waals surface area (Å²) in [5.74, 6) is 7.53. The van der Waals surface area contributed by atoms with E-state index in [-0.39, 0.29) is 0 Å². The number of hydrogen-bond acceptors (Lipinski definition) is 7. The number of unbranched alkanes of at least 4 members (excludes halogenated alkanes) is 8. The molecule has 0 fully saturated rings. The van der Waals surface area contributed by atoms with Crippen LogP contribution in [0, 0.1) is 11.8 Å². The van der Waals surface area contributed by atoms with Gasteiger partial charge in [-0.1, -0.05) is 327 Å². The molecule has 8 aromatic rings. The van der Waals surface area contributed by atoms with Gasteiger partial charge in [0.2, 0.25) is 0 Å². The Morgan fingerprint density at radius 2 is 0.689 bits per heavy atom. The molecule has 4 aliphatic rings. The van der Waals surface area contributed by atoms with Gasteiger partial charge in [-0.2, -0.15) is 0 Å². The van der Waals surface area contributed by atoms with E-state index < -0.39 is 0 Å². The first-order valence-corrected chi connectivity index (χ1v) is 49.7. The molecule has 0 amide bonds. The summed E-state index contributed by atoms with van der Waals surface area (Å²) in [5.41, 5.74) is 25.0. The van der Waals surface area contributed by atoms with Crippen LogP contribution in [0.5, 0.6) is 11.5 Å². The third kappa shape index (κ3) is 36.1. The van der Waals surface area contributed by atoms with Crippen LogP contribution in [0.25, 0.3) is 0 Å². The minimum atomic E-state index is 0.370. The van der Waals surface area contributed by atoms with Crippen molar-refractivity contribution < 1.29 is 9.47 Å². The number of benzene rings is 8. The van der Waals surface area contributed by atoms with Crippen molar-refractivity contribution in [2.75, 3.05) is 90.0 Å². The molecule has 0 bridgehead atoms. The van der Waals surface area contributed by atoms with E-state index in [1.165, 1.54) is 255 Å². The number of nitrogens with zero attached hydrogens (tertiary/aromatic N) is 5. The minimum Gasteiger partial charge on any atom is -0.493 e. The smallest absolute Gasteiger partial charge is 0.119 e. The van der Waals surface area contributed by atoms with E-state index in [0.29, 0.717) is 59.4 Å². The molecule has 0 saturated heterocycles. The summed E-state index contributed by atoms with van der Waals surface area (Å²) >= 11 is 0.